The minimum absolute atomic E-state index is 0.190. The first-order valence-corrected chi connectivity index (χ1v) is 5.00. The standard InChI is InChI=1S/C11H17FN2/c1-2-7-14-11-4-3-9(5-6-13)8-10(11)12/h3-4,8,14H,2,5-7,13H2,1H3. The van der Waals surface area contributed by atoms with Gasteiger partial charge in [-0.25, -0.2) is 4.39 Å². The van der Waals surface area contributed by atoms with Crippen LogP contribution in [0.25, 0.3) is 0 Å². The van der Waals surface area contributed by atoms with Crippen molar-refractivity contribution in [2.45, 2.75) is 19.8 Å². The van der Waals surface area contributed by atoms with Crippen LogP contribution in [0.5, 0.6) is 0 Å². The summed E-state index contributed by atoms with van der Waals surface area (Å²) < 4.78 is 13.4. The van der Waals surface area contributed by atoms with Gasteiger partial charge >= 0.3 is 0 Å². The van der Waals surface area contributed by atoms with Gasteiger partial charge in [0.05, 0.1) is 5.69 Å². The van der Waals surface area contributed by atoms with Gasteiger partial charge in [0.25, 0.3) is 0 Å². The molecule has 2 nitrogen and oxygen atoms in total. The molecule has 0 aliphatic heterocycles. The fourth-order valence-electron chi connectivity index (χ4n) is 1.28. The maximum atomic E-state index is 13.4. The molecule has 0 fully saturated rings. The maximum Gasteiger partial charge on any atom is 0.146 e. The number of hydrogen-bond donors (Lipinski definition) is 2. The first-order chi connectivity index (χ1) is 6.77. The average molecular weight is 196 g/mol. The van der Waals surface area contributed by atoms with Crippen LogP contribution in [-0.2, 0) is 6.42 Å². The molecule has 0 radical (unpaired) electrons. The Balaban J connectivity index is 2.68. The van der Waals surface area contributed by atoms with Crippen LogP contribution >= 0.6 is 0 Å². The SMILES string of the molecule is CCCNc1ccc(CCN)cc1F. The smallest absolute Gasteiger partial charge is 0.146 e. The van der Waals surface area contributed by atoms with Crippen LogP contribution in [0.3, 0.4) is 0 Å². The largest absolute Gasteiger partial charge is 0.383 e. The highest BCUT2D eigenvalue weighted by Crippen LogP contribution is 2.15. The molecule has 0 atom stereocenters. The van der Waals surface area contributed by atoms with Crippen molar-refractivity contribution in [3.05, 3.63) is 29.6 Å². The highest BCUT2D eigenvalue weighted by molar-refractivity contribution is 5.46. The molecule has 0 aromatic heterocycles. The van der Waals surface area contributed by atoms with Gasteiger partial charge in [-0.05, 0) is 37.1 Å². The zero-order chi connectivity index (χ0) is 10.4. The van der Waals surface area contributed by atoms with Crippen LogP contribution in [0.15, 0.2) is 18.2 Å². The Morgan fingerprint density at radius 2 is 2.21 bits per heavy atom. The van der Waals surface area contributed by atoms with E-state index in [0.29, 0.717) is 12.2 Å². The Kier molecular flexibility index (Phi) is 4.40. The number of benzene rings is 1. The van der Waals surface area contributed by atoms with Gasteiger partial charge in [0.1, 0.15) is 5.82 Å². The lowest BCUT2D eigenvalue weighted by Crippen LogP contribution is -2.05. The summed E-state index contributed by atoms with van der Waals surface area (Å²) in [4.78, 5) is 0. The van der Waals surface area contributed by atoms with Gasteiger partial charge in [0.15, 0.2) is 0 Å². The predicted octanol–water partition coefficient (Wildman–Crippen LogP) is 2.15. The third-order valence-electron chi connectivity index (χ3n) is 2.03. The number of nitrogens with two attached hydrogens (primary N) is 1. The molecule has 0 heterocycles. The molecule has 14 heavy (non-hydrogen) atoms. The Hall–Kier alpha value is -1.09. The van der Waals surface area contributed by atoms with Gasteiger partial charge in [-0.1, -0.05) is 13.0 Å². The molecule has 0 aliphatic rings. The maximum absolute atomic E-state index is 13.4. The van der Waals surface area contributed by atoms with Crippen molar-refractivity contribution in [2.75, 3.05) is 18.4 Å². The van der Waals surface area contributed by atoms with Gasteiger partial charge in [-0.3, -0.25) is 0 Å². The van der Waals surface area contributed by atoms with Crippen LogP contribution in [0, 0.1) is 5.82 Å². The van der Waals surface area contributed by atoms with E-state index in [1.54, 1.807) is 12.1 Å². The Labute approximate surface area is 84.3 Å². The molecule has 3 heteroatoms. The van der Waals surface area contributed by atoms with E-state index in [0.717, 1.165) is 24.9 Å². The molecule has 0 amide bonds. The van der Waals surface area contributed by atoms with Gasteiger partial charge in [0.2, 0.25) is 0 Å². The molecule has 0 saturated carbocycles. The summed E-state index contributed by atoms with van der Waals surface area (Å²) in [7, 11) is 0. The minimum atomic E-state index is -0.190. The molecule has 3 N–H and O–H groups in total. The summed E-state index contributed by atoms with van der Waals surface area (Å²) >= 11 is 0. The topological polar surface area (TPSA) is 38.0 Å². The van der Waals surface area contributed by atoms with Crippen molar-refractivity contribution in [2.24, 2.45) is 5.73 Å². The quantitative estimate of drug-likeness (QED) is 0.757. The molecule has 1 aromatic rings. The van der Waals surface area contributed by atoms with E-state index in [1.165, 1.54) is 0 Å². The minimum Gasteiger partial charge on any atom is -0.383 e. The molecule has 1 aromatic carbocycles. The highest BCUT2D eigenvalue weighted by Gasteiger charge is 2.01. The Bertz CT molecular complexity index is 287. The third kappa shape index (κ3) is 3.00. The normalized spacial score (nSPS) is 10.2. The molecule has 78 valence electrons. The molecule has 0 spiro atoms. The molecule has 0 aliphatic carbocycles. The molecule has 0 unspecified atom stereocenters. The molecular weight excluding hydrogens is 179 g/mol. The number of hydrogen-bond acceptors (Lipinski definition) is 2. The Morgan fingerprint density at radius 1 is 1.43 bits per heavy atom. The number of anilines is 1. The molecular formula is C11H17FN2. The van der Waals surface area contributed by atoms with Crippen LogP contribution in [0.2, 0.25) is 0 Å². The number of halogens is 1. The van der Waals surface area contributed by atoms with Crippen molar-refractivity contribution in [1.82, 2.24) is 0 Å². The van der Waals surface area contributed by atoms with Gasteiger partial charge in [-0.2, -0.15) is 0 Å². The molecule has 1 rings (SSSR count). The van der Waals surface area contributed by atoms with E-state index in [9.17, 15) is 4.39 Å². The summed E-state index contributed by atoms with van der Waals surface area (Å²) in [5.74, 6) is -0.190. The van der Waals surface area contributed by atoms with E-state index in [4.69, 9.17) is 5.73 Å². The fourth-order valence-corrected chi connectivity index (χ4v) is 1.28. The summed E-state index contributed by atoms with van der Waals surface area (Å²) in [6.45, 7) is 3.40. The van der Waals surface area contributed by atoms with E-state index >= 15 is 0 Å². The lowest BCUT2D eigenvalue weighted by Gasteiger charge is -2.07. The van der Waals surface area contributed by atoms with Crippen LogP contribution < -0.4 is 11.1 Å². The van der Waals surface area contributed by atoms with E-state index < -0.39 is 0 Å². The van der Waals surface area contributed by atoms with Gasteiger partial charge < -0.3 is 11.1 Å². The molecule has 0 bridgehead atoms. The van der Waals surface area contributed by atoms with Crippen LogP contribution in [0.1, 0.15) is 18.9 Å². The monoisotopic (exact) mass is 196 g/mol. The number of nitrogens with one attached hydrogen (secondary N) is 1. The second-order valence-corrected chi connectivity index (χ2v) is 3.28. The third-order valence-corrected chi connectivity index (χ3v) is 2.03. The first kappa shape index (κ1) is 11.0. The number of rotatable bonds is 5. The predicted molar refractivity (Wildman–Crippen MR) is 57.9 cm³/mol. The second kappa shape index (κ2) is 5.60. The highest BCUT2D eigenvalue weighted by atomic mass is 19.1. The second-order valence-electron chi connectivity index (χ2n) is 3.28. The lowest BCUT2D eigenvalue weighted by atomic mass is 10.1. The van der Waals surface area contributed by atoms with Gasteiger partial charge in [0, 0.05) is 6.54 Å². The average Bonchev–Trinajstić information content (AvgIpc) is 2.17. The van der Waals surface area contributed by atoms with E-state index in [1.807, 2.05) is 13.0 Å². The van der Waals surface area contributed by atoms with E-state index in [-0.39, 0.29) is 5.82 Å². The summed E-state index contributed by atoms with van der Waals surface area (Å²) in [5, 5.41) is 3.03. The lowest BCUT2D eigenvalue weighted by molar-refractivity contribution is 0.627. The molecule has 0 saturated heterocycles. The first-order valence-electron chi connectivity index (χ1n) is 5.00. The zero-order valence-corrected chi connectivity index (χ0v) is 8.52. The van der Waals surface area contributed by atoms with Crippen molar-refractivity contribution >= 4 is 5.69 Å². The summed E-state index contributed by atoms with van der Waals surface area (Å²) in [5.41, 5.74) is 6.92. The van der Waals surface area contributed by atoms with Gasteiger partial charge in [-0.15, -0.1) is 0 Å². The van der Waals surface area contributed by atoms with Crippen LogP contribution in [0.4, 0.5) is 10.1 Å². The summed E-state index contributed by atoms with van der Waals surface area (Å²) in [6.07, 6.45) is 1.72. The van der Waals surface area contributed by atoms with Crippen LogP contribution in [-0.4, -0.2) is 13.1 Å². The van der Waals surface area contributed by atoms with E-state index in [2.05, 4.69) is 5.32 Å². The van der Waals surface area contributed by atoms with Crippen molar-refractivity contribution in [3.63, 3.8) is 0 Å². The summed E-state index contributed by atoms with van der Waals surface area (Å²) in [6, 6.07) is 5.23. The fraction of sp³-hybridized carbons (Fsp3) is 0.455. The van der Waals surface area contributed by atoms with Crippen molar-refractivity contribution in [1.29, 1.82) is 0 Å². The zero-order valence-electron chi connectivity index (χ0n) is 8.52. The van der Waals surface area contributed by atoms with Crippen molar-refractivity contribution < 1.29 is 4.39 Å². The van der Waals surface area contributed by atoms with Crippen molar-refractivity contribution in [3.8, 4) is 0 Å². The Morgan fingerprint density at radius 3 is 2.79 bits per heavy atom.